The predicted molar refractivity (Wildman–Crippen MR) is 74.6 cm³/mol. The number of hydrogen-bond acceptors (Lipinski definition) is 3. The molecule has 0 aromatic rings. The molecule has 1 fully saturated rings. The lowest BCUT2D eigenvalue weighted by Crippen LogP contribution is -2.32. The zero-order chi connectivity index (χ0) is 14.1. The molecule has 3 rings (SSSR count). The van der Waals surface area contributed by atoms with Gasteiger partial charge in [0.25, 0.3) is 0 Å². The van der Waals surface area contributed by atoms with Gasteiger partial charge >= 0.3 is 0 Å². The summed E-state index contributed by atoms with van der Waals surface area (Å²) in [6.45, 7) is 0.454. The number of aliphatic hydroxyl groups excluding tert-OH is 1. The molecule has 0 saturated carbocycles. The molecule has 0 spiro atoms. The zero-order valence-electron chi connectivity index (χ0n) is 11.1. The van der Waals surface area contributed by atoms with Crippen molar-refractivity contribution in [1.82, 2.24) is 4.90 Å². The maximum absolute atomic E-state index is 12.2. The van der Waals surface area contributed by atoms with E-state index < -0.39 is 0 Å². The SMILES string of the molecule is O=C1C2C=CC=CC2C(=O)N1CCC1C=CC(O)=CC1. The van der Waals surface area contributed by atoms with Gasteiger partial charge in [0, 0.05) is 6.54 Å². The van der Waals surface area contributed by atoms with E-state index in [2.05, 4.69) is 0 Å². The van der Waals surface area contributed by atoms with Gasteiger partial charge in [-0.15, -0.1) is 0 Å². The van der Waals surface area contributed by atoms with Crippen LogP contribution >= 0.6 is 0 Å². The minimum absolute atomic E-state index is 0.0845. The molecule has 3 unspecified atom stereocenters. The Kier molecular flexibility index (Phi) is 3.30. The Balaban J connectivity index is 1.62. The van der Waals surface area contributed by atoms with Crippen LogP contribution < -0.4 is 0 Å². The Bertz CT molecular complexity index is 526. The molecule has 3 atom stereocenters. The van der Waals surface area contributed by atoms with E-state index in [1.54, 1.807) is 12.2 Å². The van der Waals surface area contributed by atoms with Crippen LogP contribution in [-0.2, 0) is 9.59 Å². The minimum Gasteiger partial charge on any atom is -0.508 e. The van der Waals surface area contributed by atoms with E-state index >= 15 is 0 Å². The molecule has 0 bridgehead atoms. The first-order chi connectivity index (χ1) is 9.66. The van der Waals surface area contributed by atoms with E-state index in [9.17, 15) is 14.7 Å². The number of nitrogens with zero attached hydrogens (tertiary/aromatic N) is 1. The summed E-state index contributed by atoms with van der Waals surface area (Å²) >= 11 is 0. The van der Waals surface area contributed by atoms with Crippen molar-refractivity contribution in [2.45, 2.75) is 12.8 Å². The molecule has 0 aromatic heterocycles. The summed E-state index contributed by atoms with van der Waals surface area (Å²) in [4.78, 5) is 25.8. The molecule has 0 radical (unpaired) electrons. The van der Waals surface area contributed by atoms with Gasteiger partial charge in [-0.25, -0.2) is 0 Å². The summed E-state index contributed by atoms with van der Waals surface area (Å²) in [7, 11) is 0. The number of carbonyl (C=O) groups is 2. The summed E-state index contributed by atoms with van der Waals surface area (Å²) in [6, 6.07) is 0. The van der Waals surface area contributed by atoms with Crippen molar-refractivity contribution in [2.24, 2.45) is 17.8 Å². The van der Waals surface area contributed by atoms with E-state index in [1.165, 1.54) is 4.90 Å². The van der Waals surface area contributed by atoms with Crippen molar-refractivity contribution in [3.63, 3.8) is 0 Å². The van der Waals surface area contributed by atoms with Crippen LogP contribution in [0.25, 0.3) is 0 Å². The first-order valence-electron chi connectivity index (χ1n) is 6.94. The van der Waals surface area contributed by atoms with Gasteiger partial charge in [-0.05, 0) is 30.9 Å². The van der Waals surface area contributed by atoms with Gasteiger partial charge in [0.15, 0.2) is 0 Å². The molecule has 20 heavy (non-hydrogen) atoms. The lowest BCUT2D eigenvalue weighted by Gasteiger charge is -2.19. The highest BCUT2D eigenvalue weighted by atomic mass is 16.3. The Hall–Kier alpha value is -2.10. The molecule has 3 aliphatic rings. The Morgan fingerprint density at radius 3 is 2.30 bits per heavy atom. The van der Waals surface area contributed by atoms with E-state index in [4.69, 9.17) is 0 Å². The Morgan fingerprint density at radius 1 is 1.10 bits per heavy atom. The van der Waals surface area contributed by atoms with E-state index in [0.29, 0.717) is 6.54 Å². The topological polar surface area (TPSA) is 57.6 Å². The van der Waals surface area contributed by atoms with E-state index in [-0.39, 0.29) is 35.3 Å². The number of aliphatic hydroxyl groups is 1. The monoisotopic (exact) mass is 271 g/mol. The largest absolute Gasteiger partial charge is 0.508 e. The lowest BCUT2D eigenvalue weighted by atomic mass is 9.91. The smallest absolute Gasteiger partial charge is 0.237 e. The number of carbonyl (C=O) groups excluding carboxylic acids is 2. The third kappa shape index (κ3) is 2.22. The van der Waals surface area contributed by atoms with Gasteiger partial charge in [-0.3, -0.25) is 14.5 Å². The summed E-state index contributed by atoms with van der Waals surface area (Å²) in [5.74, 6) is -0.217. The van der Waals surface area contributed by atoms with Crippen molar-refractivity contribution in [1.29, 1.82) is 0 Å². The lowest BCUT2D eigenvalue weighted by molar-refractivity contribution is -0.139. The van der Waals surface area contributed by atoms with Crippen molar-refractivity contribution in [3.8, 4) is 0 Å². The fourth-order valence-electron chi connectivity index (χ4n) is 2.93. The van der Waals surface area contributed by atoms with Crippen LogP contribution in [0.1, 0.15) is 12.8 Å². The summed E-state index contributed by atoms with van der Waals surface area (Å²) in [5.41, 5.74) is 0. The number of likely N-dealkylation sites (tertiary alicyclic amines) is 1. The van der Waals surface area contributed by atoms with Crippen LogP contribution in [0.15, 0.2) is 48.3 Å². The fraction of sp³-hybridized carbons (Fsp3) is 0.375. The van der Waals surface area contributed by atoms with Crippen LogP contribution in [0.4, 0.5) is 0 Å². The summed E-state index contributed by atoms with van der Waals surface area (Å²) < 4.78 is 0. The molecule has 1 heterocycles. The second kappa shape index (κ2) is 5.12. The molecule has 1 N–H and O–H groups in total. The van der Waals surface area contributed by atoms with Crippen molar-refractivity contribution < 1.29 is 14.7 Å². The van der Waals surface area contributed by atoms with Gasteiger partial charge in [-0.1, -0.05) is 30.4 Å². The third-order valence-electron chi connectivity index (χ3n) is 4.13. The van der Waals surface area contributed by atoms with Gasteiger partial charge in [0.2, 0.25) is 11.8 Å². The minimum atomic E-state index is -0.307. The molecular formula is C16H17NO3. The zero-order valence-corrected chi connectivity index (χ0v) is 11.1. The van der Waals surface area contributed by atoms with E-state index in [1.807, 2.05) is 30.4 Å². The summed E-state index contributed by atoms with van der Waals surface area (Å²) in [6.07, 6.45) is 14.2. The average Bonchev–Trinajstić information content (AvgIpc) is 2.71. The maximum atomic E-state index is 12.2. The van der Waals surface area contributed by atoms with Crippen LogP contribution in [0.3, 0.4) is 0 Å². The Labute approximate surface area is 117 Å². The highest BCUT2D eigenvalue weighted by Crippen LogP contribution is 2.31. The number of hydrogen-bond donors (Lipinski definition) is 1. The van der Waals surface area contributed by atoms with Gasteiger partial charge < -0.3 is 5.11 Å². The maximum Gasteiger partial charge on any atom is 0.237 e. The average molecular weight is 271 g/mol. The molecule has 0 aromatic carbocycles. The second-order valence-corrected chi connectivity index (χ2v) is 5.42. The molecule has 2 amide bonds. The van der Waals surface area contributed by atoms with Crippen molar-refractivity contribution in [2.75, 3.05) is 6.54 Å². The number of allylic oxidation sites excluding steroid dienone is 5. The van der Waals surface area contributed by atoms with Gasteiger partial charge in [-0.2, -0.15) is 0 Å². The summed E-state index contributed by atoms with van der Waals surface area (Å²) in [5, 5.41) is 9.27. The fourth-order valence-corrected chi connectivity index (χ4v) is 2.93. The van der Waals surface area contributed by atoms with E-state index in [0.717, 1.165) is 12.8 Å². The van der Waals surface area contributed by atoms with Crippen molar-refractivity contribution in [3.05, 3.63) is 48.3 Å². The molecule has 1 aliphatic heterocycles. The molecule has 4 nitrogen and oxygen atoms in total. The normalized spacial score (nSPS) is 31.7. The number of fused-ring (bicyclic) bond motifs is 1. The van der Waals surface area contributed by atoms with Gasteiger partial charge in [0.1, 0.15) is 5.76 Å². The van der Waals surface area contributed by atoms with Crippen LogP contribution in [0, 0.1) is 17.8 Å². The second-order valence-electron chi connectivity index (χ2n) is 5.42. The molecular weight excluding hydrogens is 254 g/mol. The van der Waals surface area contributed by atoms with Crippen LogP contribution in [0.5, 0.6) is 0 Å². The molecule has 1 saturated heterocycles. The molecule has 104 valence electrons. The molecule has 4 heteroatoms. The first kappa shape index (κ1) is 12.9. The quantitative estimate of drug-likeness (QED) is 0.800. The highest BCUT2D eigenvalue weighted by molar-refractivity contribution is 6.07. The third-order valence-corrected chi connectivity index (χ3v) is 4.13. The first-order valence-corrected chi connectivity index (χ1v) is 6.94. The Morgan fingerprint density at radius 2 is 1.75 bits per heavy atom. The number of amides is 2. The standard InChI is InChI=1S/C16H17NO3/c18-12-7-5-11(6-8-12)9-10-17-15(19)13-3-1-2-4-14(13)16(17)20/h1-5,7-8,11,13-14,18H,6,9-10H2. The molecule has 2 aliphatic carbocycles. The predicted octanol–water partition coefficient (Wildman–Crippen LogP) is 2.12. The van der Waals surface area contributed by atoms with Crippen molar-refractivity contribution >= 4 is 11.8 Å². The van der Waals surface area contributed by atoms with Crippen LogP contribution in [0.2, 0.25) is 0 Å². The number of rotatable bonds is 3. The van der Waals surface area contributed by atoms with Crippen LogP contribution in [-0.4, -0.2) is 28.4 Å². The van der Waals surface area contributed by atoms with Gasteiger partial charge in [0.05, 0.1) is 11.8 Å². The number of imide groups is 1. The highest BCUT2D eigenvalue weighted by Gasteiger charge is 2.45.